The van der Waals surface area contributed by atoms with Crippen molar-refractivity contribution in [1.29, 1.82) is 0 Å². The summed E-state index contributed by atoms with van der Waals surface area (Å²) in [5.41, 5.74) is 0. The monoisotopic (exact) mass is 194 g/mol. The number of nitrogens with zero attached hydrogens (tertiary/aromatic N) is 1. The molecule has 1 fully saturated rings. The molecule has 0 amide bonds. The summed E-state index contributed by atoms with van der Waals surface area (Å²) >= 11 is 0. The van der Waals surface area contributed by atoms with E-state index in [-0.39, 0.29) is 6.04 Å². The van der Waals surface area contributed by atoms with Crippen molar-refractivity contribution in [3.63, 3.8) is 0 Å². The van der Waals surface area contributed by atoms with E-state index in [1.54, 1.807) is 4.90 Å². The van der Waals surface area contributed by atoms with Crippen LogP contribution >= 0.6 is 0 Å². The predicted octanol–water partition coefficient (Wildman–Crippen LogP) is 2.49. The molecule has 1 nitrogen and oxygen atoms in total. The SMILES string of the molecule is CC1CCN(C[B-](F)(F)F)C(C)C1. The summed E-state index contributed by atoms with van der Waals surface area (Å²) in [6, 6.07) is 0.0900. The first-order valence-corrected chi connectivity index (χ1v) is 4.83. The minimum absolute atomic E-state index is 0.0900. The smallest absolute Gasteiger partial charge is 0.448 e. The Morgan fingerprint density at radius 2 is 1.92 bits per heavy atom. The Morgan fingerprint density at radius 3 is 2.38 bits per heavy atom. The van der Waals surface area contributed by atoms with Crippen LogP contribution in [0.4, 0.5) is 12.9 Å². The van der Waals surface area contributed by atoms with Crippen molar-refractivity contribution in [2.45, 2.75) is 32.7 Å². The first-order chi connectivity index (χ1) is 5.88. The Labute approximate surface area is 77.4 Å². The van der Waals surface area contributed by atoms with Crippen molar-refractivity contribution in [3.8, 4) is 0 Å². The molecule has 0 aliphatic carbocycles. The van der Waals surface area contributed by atoms with Crippen LogP contribution in [-0.4, -0.2) is 30.9 Å². The fraction of sp³-hybridized carbons (Fsp3) is 1.00. The van der Waals surface area contributed by atoms with Crippen LogP contribution in [0.2, 0.25) is 0 Å². The minimum atomic E-state index is -4.65. The summed E-state index contributed by atoms with van der Waals surface area (Å²) in [6.07, 6.45) is 1.11. The lowest BCUT2D eigenvalue weighted by Gasteiger charge is -2.39. The van der Waals surface area contributed by atoms with Crippen molar-refractivity contribution in [2.75, 3.05) is 13.0 Å². The number of hydrogen-bond donors (Lipinski definition) is 0. The minimum Gasteiger partial charge on any atom is -0.448 e. The molecule has 1 saturated heterocycles. The molecule has 13 heavy (non-hydrogen) atoms. The lowest BCUT2D eigenvalue weighted by atomic mass is 9.86. The molecule has 1 aliphatic rings. The van der Waals surface area contributed by atoms with Crippen molar-refractivity contribution in [1.82, 2.24) is 4.90 Å². The Hall–Kier alpha value is -0.185. The van der Waals surface area contributed by atoms with E-state index >= 15 is 0 Å². The second-order valence-electron chi connectivity index (χ2n) is 4.18. The van der Waals surface area contributed by atoms with Gasteiger partial charge in [0.2, 0.25) is 0 Å². The van der Waals surface area contributed by atoms with Crippen molar-refractivity contribution in [2.24, 2.45) is 5.92 Å². The van der Waals surface area contributed by atoms with Gasteiger partial charge in [0.05, 0.1) is 0 Å². The molecule has 0 radical (unpaired) electrons. The van der Waals surface area contributed by atoms with Gasteiger partial charge in [-0.25, -0.2) is 0 Å². The molecule has 0 N–H and O–H groups in total. The fourth-order valence-electron chi connectivity index (χ4n) is 1.99. The number of likely N-dealkylation sites (tertiary alicyclic amines) is 1. The normalized spacial score (nSPS) is 32.1. The van der Waals surface area contributed by atoms with E-state index < -0.39 is 13.4 Å². The lowest BCUT2D eigenvalue weighted by molar-refractivity contribution is 0.138. The van der Waals surface area contributed by atoms with Gasteiger partial charge in [0.25, 0.3) is 0 Å². The lowest BCUT2D eigenvalue weighted by Crippen LogP contribution is -2.47. The number of rotatable bonds is 2. The molecular formula is C8H16BF3N-. The summed E-state index contributed by atoms with van der Waals surface area (Å²) in [7, 11) is 0. The summed E-state index contributed by atoms with van der Waals surface area (Å²) in [5, 5.41) is 0. The van der Waals surface area contributed by atoms with Gasteiger partial charge >= 0.3 is 6.98 Å². The molecule has 2 atom stereocenters. The highest BCUT2D eigenvalue weighted by Crippen LogP contribution is 2.24. The first-order valence-electron chi connectivity index (χ1n) is 4.83. The fourth-order valence-corrected chi connectivity index (χ4v) is 1.99. The molecule has 0 spiro atoms. The van der Waals surface area contributed by atoms with Gasteiger partial charge in [0, 0.05) is 6.04 Å². The van der Waals surface area contributed by atoms with Gasteiger partial charge in [-0.15, -0.1) is 0 Å². The first kappa shape index (κ1) is 10.9. The highest BCUT2D eigenvalue weighted by atomic mass is 19.4. The molecule has 0 aromatic rings. The summed E-state index contributed by atoms with van der Waals surface area (Å²) < 4.78 is 36.4. The number of hydrogen-bond acceptors (Lipinski definition) is 1. The van der Waals surface area contributed by atoms with E-state index in [1.807, 2.05) is 6.92 Å². The van der Waals surface area contributed by atoms with Crippen molar-refractivity contribution >= 4 is 6.98 Å². The maximum atomic E-state index is 12.1. The standard InChI is InChI=1S/C8H16BF3N/c1-7-3-4-13(8(2)5-7)6-9(10,11)12/h7-8H,3-6H2,1-2H3/q-1. The van der Waals surface area contributed by atoms with Crippen LogP contribution in [0.5, 0.6) is 0 Å². The molecule has 1 heterocycles. The quantitative estimate of drug-likeness (QED) is 0.610. The molecule has 2 unspecified atom stereocenters. The van der Waals surface area contributed by atoms with Crippen LogP contribution < -0.4 is 0 Å². The zero-order valence-corrected chi connectivity index (χ0v) is 8.14. The topological polar surface area (TPSA) is 3.24 Å². The maximum absolute atomic E-state index is 12.1. The molecule has 0 saturated carbocycles. The van der Waals surface area contributed by atoms with E-state index in [0.717, 1.165) is 12.8 Å². The van der Waals surface area contributed by atoms with E-state index in [2.05, 4.69) is 6.92 Å². The van der Waals surface area contributed by atoms with E-state index in [4.69, 9.17) is 0 Å². The highest BCUT2D eigenvalue weighted by molar-refractivity contribution is 6.58. The number of halogens is 3. The van der Waals surface area contributed by atoms with Crippen molar-refractivity contribution in [3.05, 3.63) is 0 Å². The molecule has 0 aromatic heterocycles. The van der Waals surface area contributed by atoms with Gasteiger partial charge in [-0.2, -0.15) is 0 Å². The van der Waals surface area contributed by atoms with Gasteiger partial charge in [0.1, 0.15) is 0 Å². The van der Waals surface area contributed by atoms with Crippen LogP contribution in [0.1, 0.15) is 26.7 Å². The van der Waals surface area contributed by atoms with E-state index in [1.165, 1.54) is 0 Å². The third-order valence-electron chi connectivity index (χ3n) is 2.72. The highest BCUT2D eigenvalue weighted by Gasteiger charge is 2.31. The predicted molar refractivity (Wildman–Crippen MR) is 48.5 cm³/mol. The summed E-state index contributed by atoms with van der Waals surface area (Å²) in [5.74, 6) is 0.576. The molecule has 5 heteroatoms. The van der Waals surface area contributed by atoms with Crippen LogP contribution in [0, 0.1) is 5.92 Å². The Morgan fingerprint density at radius 1 is 1.31 bits per heavy atom. The largest absolute Gasteiger partial charge is 0.492 e. The molecular weight excluding hydrogens is 178 g/mol. The Balaban J connectivity index is 2.43. The van der Waals surface area contributed by atoms with Gasteiger partial charge in [0.15, 0.2) is 0 Å². The zero-order chi connectivity index (χ0) is 10.1. The van der Waals surface area contributed by atoms with E-state index in [0.29, 0.717) is 12.5 Å². The van der Waals surface area contributed by atoms with Gasteiger partial charge in [-0.3, -0.25) is 0 Å². The average Bonchev–Trinajstić information content (AvgIpc) is 1.93. The van der Waals surface area contributed by atoms with Crippen LogP contribution in [0.15, 0.2) is 0 Å². The maximum Gasteiger partial charge on any atom is 0.492 e. The summed E-state index contributed by atoms with van der Waals surface area (Å²) in [4.78, 5) is 1.56. The van der Waals surface area contributed by atoms with Crippen LogP contribution in [0.3, 0.4) is 0 Å². The zero-order valence-electron chi connectivity index (χ0n) is 8.14. The molecule has 0 aromatic carbocycles. The van der Waals surface area contributed by atoms with Gasteiger partial charge in [-0.05, 0) is 38.7 Å². The number of piperidine rings is 1. The van der Waals surface area contributed by atoms with E-state index in [9.17, 15) is 12.9 Å². The molecule has 1 rings (SSSR count). The Bertz CT molecular complexity index is 171. The van der Waals surface area contributed by atoms with Gasteiger partial charge < -0.3 is 17.8 Å². The summed E-state index contributed by atoms with van der Waals surface area (Å²) in [6.45, 7) is -0.0569. The average molecular weight is 194 g/mol. The molecule has 0 bridgehead atoms. The Kier molecular flexibility index (Phi) is 3.27. The van der Waals surface area contributed by atoms with Crippen LogP contribution in [-0.2, 0) is 0 Å². The molecule has 1 aliphatic heterocycles. The third-order valence-corrected chi connectivity index (χ3v) is 2.72. The van der Waals surface area contributed by atoms with Gasteiger partial charge in [-0.1, -0.05) is 6.92 Å². The molecule has 78 valence electrons. The third kappa shape index (κ3) is 3.59. The van der Waals surface area contributed by atoms with Crippen molar-refractivity contribution < 1.29 is 12.9 Å². The van der Waals surface area contributed by atoms with Crippen LogP contribution in [0.25, 0.3) is 0 Å². The second kappa shape index (κ2) is 3.90. The second-order valence-corrected chi connectivity index (χ2v) is 4.18.